The van der Waals surface area contributed by atoms with Gasteiger partial charge in [0.15, 0.2) is 16.6 Å². The number of carbonyl (C=O) groups is 1. The van der Waals surface area contributed by atoms with Crippen molar-refractivity contribution in [2.24, 2.45) is 5.92 Å². The van der Waals surface area contributed by atoms with Gasteiger partial charge >= 0.3 is 0 Å². The van der Waals surface area contributed by atoms with E-state index >= 15 is 0 Å². The molecule has 0 spiro atoms. The number of halogens is 1. The fraction of sp³-hybridized carbons (Fsp3) is 0.280. The van der Waals surface area contributed by atoms with Gasteiger partial charge in [0.05, 0.1) is 19.4 Å². The Morgan fingerprint density at radius 3 is 2.75 bits per heavy atom. The number of aryl methyl sites for hydroxylation is 1. The van der Waals surface area contributed by atoms with E-state index in [4.69, 9.17) is 21.1 Å². The number of aromatic nitrogens is 1. The third kappa shape index (κ3) is 6.58. The van der Waals surface area contributed by atoms with E-state index in [2.05, 4.69) is 24.1 Å². The number of nitrogens with zero attached hydrogens (tertiary/aromatic N) is 1. The number of ether oxygens (including phenoxy) is 2. The van der Waals surface area contributed by atoms with Crippen molar-refractivity contribution in [3.8, 4) is 22.8 Å². The SMILES string of the molecule is COc1cc(/C=C/C(=O)Nc2nc(-c3cccc(Cl)c3)c(C)s2)ccc1OCCC(C)C. The first kappa shape index (κ1) is 23.8. The van der Waals surface area contributed by atoms with Crippen LogP contribution in [-0.4, -0.2) is 24.6 Å². The van der Waals surface area contributed by atoms with E-state index in [1.165, 1.54) is 17.4 Å². The summed E-state index contributed by atoms with van der Waals surface area (Å²) in [7, 11) is 1.60. The Labute approximate surface area is 198 Å². The second-order valence-corrected chi connectivity index (χ2v) is 9.34. The molecule has 1 aromatic heterocycles. The summed E-state index contributed by atoms with van der Waals surface area (Å²) in [6.45, 7) is 6.92. The molecule has 3 aromatic rings. The molecule has 0 aliphatic carbocycles. The van der Waals surface area contributed by atoms with Gasteiger partial charge in [-0.25, -0.2) is 4.98 Å². The van der Waals surface area contributed by atoms with Crippen LogP contribution in [0.4, 0.5) is 5.13 Å². The molecule has 0 unspecified atom stereocenters. The van der Waals surface area contributed by atoms with Gasteiger partial charge in [-0.15, -0.1) is 11.3 Å². The first-order valence-corrected chi connectivity index (χ1v) is 11.6. The average molecular weight is 471 g/mol. The Hall–Kier alpha value is -2.83. The van der Waals surface area contributed by atoms with E-state index in [-0.39, 0.29) is 5.91 Å². The zero-order valence-electron chi connectivity index (χ0n) is 18.6. The van der Waals surface area contributed by atoms with Crippen LogP contribution in [0.25, 0.3) is 17.3 Å². The molecule has 0 atom stereocenters. The third-order valence-electron chi connectivity index (χ3n) is 4.69. The summed E-state index contributed by atoms with van der Waals surface area (Å²) in [4.78, 5) is 18.0. The van der Waals surface area contributed by atoms with Crippen molar-refractivity contribution in [2.45, 2.75) is 27.2 Å². The van der Waals surface area contributed by atoms with Gasteiger partial charge in [0.1, 0.15) is 0 Å². The lowest BCUT2D eigenvalue weighted by Gasteiger charge is -2.12. The number of thiazole rings is 1. The molecule has 1 N–H and O–H groups in total. The number of rotatable bonds is 9. The molecule has 0 fully saturated rings. The zero-order chi connectivity index (χ0) is 23.1. The van der Waals surface area contributed by atoms with E-state index in [1.54, 1.807) is 13.2 Å². The highest BCUT2D eigenvalue weighted by molar-refractivity contribution is 7.16. The Kier molecular flexibility index (Phi) is 8.31. The highest BCUT2D eigenvalue weighted by Crippen LogP contribution is 2.32. The number of benzene rings is 2. The Bertz CT molecular complexity index is 1110. The van der Waals surface area contributed by atoms with Crippen molar-refractivity contribution >= 4 is 40.1 Å². The van der Waals surface area contributed by atoms with Crippen LogP contribution in [0.1, 0.15) is 30.7 Å². The first-order chi connectivity index (χ1) is 15.4. The number of carbonyl (C=O) groups excluding carboxylic acids is 1. The van der Waals surface area contributed by atoms with Gasteiger partial charge in [-0.2, -0.15) is 0 Å². The lowest BCUT2D eigenvalue weighted by atomic mass is 10.1. The van der Waals surface area contributed by atoms with Gasteiger partial charge in [0.2, 0.25) is 5.91 Å². The van der Waals surface area contributed by atoms with E-state index in [0.717, 1.165) is 28.1 Å². The summed E-state index contributed by atoms with van der Waals surface area (Å²) in [5, 5.41) is 4.02. The Balaban J connectivity index is 1.65. The fourth-order valence-corrected chi connectivity index (χ4v) is 4.01. The highest BCUT2D eigenvalue weighted by atomic mass is 35.5. The maximum Gasteiger partial charge on any atom is 0.250 e. The van der Waals surface area contributed by atoms with Crippen molar-refractivity contribution < 1.29 is 14.3 Å². The monoisotopic (exact) mass is 470 g/mol. The van der Waals surface area contributed by atoms with E-state index < -0.39 is 0 Å². The summed E-state index contributed by atoms with van der Waals surface area (Å²) in [6, 6.07) is 13.1. The molecule has 2 aromatic carbocycles. The van der Waals surface area contributed by atoms with Gasteiger partial charge in [-0.1, -0.05) is 43.6 Å². The molecule has 0 aliphatic heterocycles. The normalized spacial score (nSPS) is 11.2. The molecular weight excluding hydrogens is 444 g/mol. The topological polar surface area (TPSA) is 60.5 Å². The minimum Gasteiger partial charge on any atom is -0.493 e. The van der Waals surface area contributed by atoms with Crippen molar-refractivity contribution in [1.82, 2.24) is 4.98 Å². The maximum atomic E-state index is 12.4. The van der Waals surface area contributed by atoms with Gasteiger partial charge in [-0.3, -0.25) is 10.1 Å². The highest BCUT2D eigenvalue weighted by Gasteiger charge is 2.12. The smallest absolute Gasteiger partial charge is 0.250 e. The predicted octanol–water partition coefficient (Wildman–Crippen LogP) is 6.86. The van der Waals surface area contributed by atoms with Crippen LogP contribution in [0.15, 0.2) is 48.5 Å². The maximum absolute atomic E-state index is 12.4. The van der Waals surface area contributed by atoms with E-state index in [1.807, 2.05) is 49.4 Å². The zero-order valence-corrected chi connectivity index (χ0v) is 20.2. The molecule has 0 radical (unpaired) electrons. The molecular formula is C25H27ClN2O3S. The molecule has 0 bridgehead atoms. The Morgan fingerprint density at radius 1 is 1.22 bits per heavy atom. The molecule has 32 heavy (non-hydrogen) atoms. The van der Waals surface area contributed by atoms with Crippen LogP contribution in [-0.2, 0) is 4.79 Å². The van der Waals surface area contributed by atoms with Gasteiger partial charge < -0.3 is 9.47 Å². The molecule has 0 saturated carbocycles. The molecule has 168 valence electrons. The summed E-state index contributed by atoms with van der Waals surface area (Å²) in [5.41, 5.74) is 2.57. The van der Waals surface area contributed by atoms with Crippen LogP contribution < -0.4 is 14.8 Å². The standard InChI is InChI=1S/C25H27ClN2O3S/c1-16(2)12-13-31-21-10-8-18(14-22(21)30-4)9-11-23(29)27-25-28-24(17(3)32-25)19-6-5-7-20(26)15-19/h5-11,14-16H,12-13H2,1-4H3,(H,27,28,29)/b11-9+. The summed E-state index contributed by atoms with van der Waals surface area (Å²) >= 11 is 7.51. The lowest BCUT2D eigenvalue weighted by molar-refractivity contribution is -0.111. The second-order valence-electron chi connectivity index (χ2n) is 7.70. The Morgan fingerprint density at radius 2 is 2.03 bits per heavy atom. The van der Waals surface area contributed by atoms with E-state index in [9.17, 15) is 4.79 Å². The third-order valence-corrected chi connectivity index (χ3v) is 5.81. The van der Waals surface area contributed by atoms with Gasteiger partial charge in [-0.05, 0) is 55.2 Å². The number of anilines is 1. The number of hydrogen-bond donors (Lipinski definition) is 1. The summed E-state index contributed by atoms with van der Waals surface area (Å²) in [5.74, 6) is 1.65. The number of hydrogen-bond acceptors (Lipinski definition) is 5. The lowest BCUT2D eigenvalue weighted by Crippen LogP contribution is -2.07. The molecule has 5 nitrogen and oxygen atoms in total. The first-order valence-electron chi connectivity index (χ1n) is 10.4. The molecule has 1 amide bonds. The van der Waals surface area contributed by atoms with Crippen LogP contribution in [0.5, 0.6) is 11.5 Å². The predicted molar refractivity (Wildman–Crippen MR) is 133 cm³/mol. The molecule has 0 aliphatic rings. The fourth-order valence-electron chi connectivity index (χ4n) is 2.98. The van der Waals surface area contributed by atoms with Gasteiger partial charge in [0.25, 0.3) is 0 Å². The van der Waals surface area contributed by atoms with Crippen LogP contribution in [0.2, 0.25) is 5.02 Å². The summed E-state index contributed by atoms with van der Waals surface area (Å²) < 4.78 is 11.2. The van der Waals surface area contributed by atoms with Crippen LogP contribution >= 0.6 is 22.9 Å². The van der Waals surface area contributed by atoms with E-state index in [0.29, 0.717) is 34.2 Å². The number of nitrogens with one attached hydrogen (secondary N) is 1. The summed E-state index contributed by atoms with van der Waals surface area (Å²) in [6.07, 6.45) is 4.18. The van der Waals surface area contributed by atoms with Crippen LogP contribution in [0, 0.1) is 12.8 Å². The minimum absolute atomic E-state index is 0.257. The largest absolute Gasteiger partial charge is 0.493 e. The van der Waals surface area contributed by atoms with Crippen molar-refractivity contribution in [1.29, 1.82) is 0 Å². The van der Waals surface area contributed by atoms with Crippen molar-refractivity contribution in [2.75, 3.05) is 19.0 Å². The molecule has 1 heterocycles. The molecule has 0 saturated heterocycles. The van der Waals surface area contributed by atoms with Crippen LogP contribution in [0.3, 0.4) is 0 Å². The van der Waals surface area contributed by atoms with Crippen molar-refractivity contribution in [3.63, 3.8) is 0 Å². The second kappa shape index (κ2) is 11.2. The number of amides is 1. The van der Waals surface area contributed by atoms with Gasteiger partial charge in [0, 0.05) is 21.5 Å². The number of methoxy groups -OCH3 is 1. The average Bonchev–Trinajstić information content (AvgIpc) is 3.12. The minimum atomic E-state index is -0.257. The van der Waals surface area contributed by atoms with Crippen molar-refractivity contribution in [3.05, 3.63) is 64.0 Å². The quantitative estimate of drug-likeness (QED) is 0.347. The molecule has 3 rings (SSSR count). The molecule has 7 heteroatoms.